The molecule has 142 valence electrons. The van der Waals surface area contributed by atoms with Crippen LogP contribution in [0.15, 0.2) is 65.0 Å². The number of carbonyl (C=O) groups excluding carboxylic acids is 1. The average molecular weight is 398 g/mol. The molecule has 1 aliphatic heterocycles. The number of halogens is 1. The molecule has 1 amide bonds. The van der Waals surface area contributed by atoms with Crippen molar-refractivity contribution in [1.29, 1.82) is 0 Å². The molecule has 0 atom stereocenters. The highest BCUT2D eigenvalue weighted by atomic mass is 32.2. The summed E-state index contributed by atoms with van der Waals surface area (Å²) in [6, 6.07) is 9.79. The Labute approximate surface area is 164 Å². The minimum Gasteiger partial charge on any atom is -0.508 e. The first kappa shape index (κ1) is 19.4. The van der Waals surface area contributed by atoms with Gasteiger partial charge in [0.2, 0.25) is 0 Å². The maximum absolute atomic E-state index is 13.9. The first-order chi connectivity index (χ1) is 13.4. The number of carbonyl (C=O) groups is 2. The fraction of sp³-hybridized carbons (Fsp3) is 0.0500. The largest absolute Gasteiger partial charge is 0.508 e. The quantitative estimate of drug-likeness (QED) is 0.586. The number of aliphatic imine (C=N–C) groups is 1. The Morgan fingerprint density at radius 1 is 1.29 bits per heavy atom. The topological polar surface area (TPSA) is 90.2 Å². The number of nitrogens with zero attached hydrogens (tertiary/aromatic N) is 2. The van der Waals surface area contributed by atoms with Gasteiger partial charge in [-0.25, -0.2) is 14.2 Å². The average Bonchev–Trinajstić information content (AvgIpc) is 2.94. The van der Waals surface area contributed by atoms with Crippen molar-refractivity contribution in [3.8, 4) is 5.75 Å². The molecule has 0 radical (unpaired) electrons. The van der Waals surface area contributed by atoms with Gasteiger partial charge in [0.25, 0.3) is 5.91 Å². The van der Waals surface area contributed by atoms with Crippen LogP contribution in [-0.2, 0) is 4.79 Å². The summed E-state index contributed by atoms with van der Waals surface area (Å²) in [4.78, 5) is 30.0. The van der Waals surface area contributed by atoms with Gasteiger partial charge in [-0.2, -0.15) is 0 Å². The van der Waals surface area contributed by atoms with E-state index in [0.717, 1.165) is 17.8 Å². The summed E-state index contributed by atoms with van der Waals surface area (Å²) < 4.78 is 13.9. The number of carboxylic acid groups (broad SMARTS) is 1. The fourth-order valence-electron chi connectivity index (χ4n) is 2.51. The number of carboxylic acids is 1. The molecule has 1 aliphatic rings. The summed E-state index contributed by atoms with van der Waals surface area (Å²) in [5.74, 6) is -2.32. The van der Waals surface area contributed by atoms with Gasteiger partial charge in [-0.3, -0.25) is 9.69 Å². The van der Waals surface area contributed by atoms with Crippen molar-refractivity contribution >= 4 is 40.6 Å². The smallest absolute Gasteiger partial charge is 0.338 e. The number of aromatic carboxylic acids is 1. The Morgan fingerprint density at radius 2 is 2.04 bits per heavy atom. The SMILES string of the molecule is C=CCN1C(=O)/C(=C/c2ccccc2F)SC1=Nc1ccc(O)cc1C(=O)O. The highest BCUT2D eigenvalue weighted by molar-refractivity contribution is 8.18. The van der Waals surface area contributed by atoms with Crippen LogP contribution < -0.4 is 0 Å². The lowest BCUT2D eigenvalue weighted by molar-refractivity contribution is -0.121. The predicted molar refractivity (Wildman–Crippen MR) is 106 cm³/mol. The summed E-state index contributed by atoms with van der Waals surface area (Å²) >= 11 is 1.01. The summed E-state index contributed by atoms with van der Waals surface area (Å²) in [5, 5.41) is 19.1. The Bertz CT molecular complexity index is 1030. The van der Waals surface area contributed by atoms with Crippen LogP contribution in [-0.4, -0.2) is 38.7 Å². The standard InChI is InChI=1S/C20H15FN2O4S/c1-2-9-23-18(25)17(10-12-5-3-4-6-15(12)21)28-20(23)22-16-8-7-13(24)11-14(16)19(26)27/h2-8,10-11,24H,1,9H2,(H,26,27)/b17-10-,22-20?. The van der Waals surface area contributed by atoms with Crippen LogP contribution in [0.5, 0.6) is 5.75 Å². The Kier molecular flexibility index (Phi) is 5.60. The van der Waals surface area contributed by atoms with Crippen molar-refractivity contribution in [2.24, 2.45) is 4.99 Å². The number of benzene rings is 2. The molecule has 28 heavy (non-hydrogen) atoms. The number of rotatable bonds is 5. The van der Waals surface area contributed by atoms with Crippen LogP contribution in [0.3, 0.4) is 0 Å². The maximum Gasteiger partial charge on any atom is 0.338 e. The highest BCUT2D eigenvalue weighted by Gasteiger charge is 2.33. The molecule has 6 nitrogen and oxygen atoms in total. The van der Waals surface area contributed by atoms with Crippen molar-refractivity contribution in [1.82, 2.24) is 4.90 Å². The van der Waals surface area contributed by atoms with Gasteiger partial charge in [-0.05, 0) is 42.1 Å². The molecule has 1 heterocycles. The molecule has 1 fully saturated rings. The van der Waals surface area contributed by atoms with E-state index in [1.807, 2.05) is 0 Å². The monoisotopic (exact) mass is 398 g/mol. The van der Waals surface area contributed by atoms with Crippen LogP contribution in [0, 0.1) is 5.82 Å². The van der Waals surface area contributed by atoms with Gasteiger partial charge in [0, 0.05) is 12.1 Å². The van der Waals surface area contributed by atoms with Crippen molar-refractivity contribution < 1.29 is 24.2 Å². The molecule has 2 N–H and O–H groups in total. The van der Waals surface area contributed by atoms with Crippen LogP contribution in [0.2, 0.25) is 0 Å². The molecule has 1 saturated heterocycles. The molecular weight excluding hydrogens is 383 g/mol. The van der Waals surface area contributed by atoms with Gasteiger partial charge in [0.15, 0.2) is 5.17 Å². The maximum atomic E-state index is 13.9. The van der Waals surface area contributed by atoms with Gasteiger partial charge in [-0.15, -0.1) is 6.58 Å². The number of hydrogen-bond donors (Lipinski definition) is 2. The van der Waals surface area contributed by atoms with Gasteiger partial charge < -0.3 is 10.2 Å². The number of amidine groups is 1. The fourth-order valence-corrected chi connectivity index (χ4v) is 3.50. The number of thioether (sulfide) groups is 1. The van der Waals surface area contributed by atoms with Gasteiger partial charge in [-0.1, -0.05) is 24.3 Å². The number of phenolic OH excluding ortho intramolecular Hbond substituents is 1. The van der Waals surface area contributed by atoms with Crippen molar-refractivity contribution in [2.75, 3.05) is 6.54 Å². The minimum atomic E-state index is -1.26. The van der Waals surface area contributed by atoms with E-state index in [1.54, 1.807) is 18.2 Å². The van der Waals surface area contributed by atoms with E-state index >= 15 is 0 Å². The van der Waals surface area contributed by atoms with Crippen LogP contribution in [0.25, 0.3) is 6.08 Å². The lowest BCUT2D eigenvalue weighted by Crippen LogP contribution is -2.29. The zero-order valence-electron chi connectivity index (χ0n) is 14.5. The van der Waals surface area contributed by atoms with Gasteiger partial charge in [0.05, 0.1) is 16.2 Å². The van der Waals surface area contributed by atoms with E-state index in [2.05, 4.69) is 11.6 Å². The molecule has 0 bridgehead atoms. The number of phenols is 1. The molecule has 0 aliphatic carbocycles. The summed E-state index contributed by atoms with van der Waals surface area (Å²) in [5.41, 5.74) is 0.140. The third-order valence-corrected chi connectivity index (χ3v) is 4.82. The molecule has 0 unspecified atom stereocenters. The third kappa shape index (κ3) is 3.96. The number of amides is 1. The molecule has 0 saturated carbocycles. The zero-order chi connectivity index (χ0) is 20.3. The zero-order valence-corrected chi connectivity index (χ0v) is 15.3. The number of aromatic hydroxyl groups is 1. The van der Waals surface area contributed by atoms with Crippen molar-refractivity contribution in [3.63, 3.8) is 0 Å². The molecule has 3 rings (SSSR count). The molecule has 8 heteroatoms. The summed E-state index contributed by atoms with van der Waals surface area (Å²) in [7, 11) is 0. The Hall–Kier alpha value is -3.39. The second kappa shape index (κ2) is 8.10. The minimum absolute atomic E-state index is 0.0850. The molecule has 0 spiro atoms. The lowest BCUT2D eigenvalue weighted by atomic mass is 10.2. The molecule has 2 aromatic rings. The molecular formula is C20H15FN2O4S. The summed E-state index contributed by atoms with van der Waals surface area (Å²) in [6.45, 7) is 3.77. The van der Waals surface area contributed by atoms with Crippen molar-refractivity contribution in [3.05, 3.63) is 77.0 Å². The van der Waals surface area contributed by atoms with E-state index < -0.39 is 11.8 Å². The normalized spacial score (nSPS) is 16.8. The van der Waals surface area contributed by atoms with Crippen LogP contribution in [0.1, 0.15) is 15.9 Å². The first-order valence-corrected chi connectivity index (χ1v) is 8.94. The second-order valence-corrected chi connectivity index (χ2v) is 6.75. The lowest BCUT2D eigenvalue weighted by Gasteiger charge is -2.13. The highest BCUT2D eigenvalue weighted by Crippen LogP contribution is 2.35. The molecule has 0 aromatic heterocycles. The van der Waals surface area contributed by atoms with Gasteiger partial charge in [0.1, 0.15) is 11.6 Å². The number of hydrogen-bond acceptors (Lipinski definition) is 5. The van der Waals surface area contributed by atoms with Crippen molar-refractivity contribution in [2.45, 2.75) is 0 Å². The Balaban J connectivity index is 2.05. The van der Waals surface area contributed by atoms with Gasteiger partial charge >= 0.3 is 5.97 Å². The third-order valence-electron chi connectivity index (χ3n) is 3.82. The van der Waals surface area contributed by atoms with Crippen LogP contribution >= 0.6 is 11.8 Å². The second-order valence-electron chi connectivity index (χ2n) is 5.74. The Morgan fingerprint density at radius 3 is 2.71 bits per heavy atom. The van der Waals surface area contributed by atoms with E-state index in [4.69, 9.17) is 0 Å². The first-order valence-electron chi connectivity index (χ1n) is 8.12. The van der Waals surface area contributed by atoms with E-state index in [9.17, 15) is 24.2 Å². The van der Waals surface area contributed by atoms with E-state index in [-0.39, 0.29) is 45.1 Å². The molecule has 2 aromatic carbocycles. The van der Waals surface area contributed by atoms with Crippen LogP contribution in [0.4, 0.5) is 10.1 Å². The van der Waals surface area contributed by atoms with E-state index in [1.165, 1.54) is 35.3 Å². The van der Waals surface area contributed by atoms with E-state index in [0.29, 0.717) is 0 Å². The predicted octanol–water partition coefficient (Wildman–Crippen LogP) is 4.02. The summed E-state index contributed by atoms with van der Waals surface area (Å²) in [6.07, 6.45) is 2.94.